The highest BCUT2D eigenvalue weighted by atomic mass is 16.6. The van der Waals surface area contributed by atoms with E-state index in [2.05, 4.69) is 10.3 Å². The number of rotatable bonds is 5. The number of hydrogen-bond donors (Lipinski definition) is 2. The van der Waals surface area contributed by atoms with Crippen molar-refractivity contribution < 1.29 is 29.0 Å². The summed E-state index contributed by atoms with van der Waals surface area (Å²) in [6.07, 6.45) is -1.40. The van der Waals surface area contributed by atoms with Crippen LogP contribution in [0.25, 0.3) is 0 Å². The maximum absolute atomic E-state index is 12.3. The summed E-state index contributed by atoms with van der Waals surface area (Å²) in [5.74, 6) is -0.868. The molecule has 2 aromatic rings. The molecule has 160 valence electrons. The number of nitrogens with one attached hydrogen (secondary N) is 1. The Hall–Kier alpha value is -3.62. The lowest BCUT2D eigenvalue weighted by molar-refractivity contribution is 0.0283. The number of carboxylic acid groups (broad SMARTS) is 1. The van der Waals surface area contributed by atoms with Gasteiger partial charge in [0.2, 0.25) is 0 Å². The molecule has 2 N–H and O–H groups in total. The van der Waals surface area contributed by atoms with Crippen molar-refractivity contribution in [2.75, 3.05) is 12.4 Å². The molecule has 0 radical (unpaired) electrons. The van der Waals surface area contributed by atoms with Gasteiger partial charge in [-0.25, -0.2) is 14.4 Å². The van der Waals surface area contributed by atoms with Gasteiger partial charge in [0.25, 0.3) is 0 Å². The third-order valence-electron chi connectivity index (χ3n) is 3.81. The average Bonchev–Trinajstić information content (AvgIpc) is 2.62. The van der Waals surface area contributed by atoms with E-state index in [0.717, 1.165) is 0 Å². The first-order chi connectivity index (χ1) is 14.0. The van der Waals surface area contributed by atoms with Gasteiger partial charge in [-0.1, -0.05) is 18.2 Å². The normalized spacial score (nSPS) is 10.8. The minimum absolute atomic E-state index is 0.0173. The first kappa shape index (κ1) is 22.7. The van der Waals surface area contributed by atoms with Gasteiger partial charge in [-0.15, -0.1) is 0 Å². The summed E-state index contributed by atoms with van der Waals surface area (Å²) in [6, 6.07) is 9.69. The number of carboxylic acids is 1. The predicted octanol–water partition coefficient (Wildman–Crippen LogP) is 4.07. The van der Waals surface area contributed by atoms with Crippen molar-refractivity contribution in [3.63, 3.8) is 0 Å². The van der Waals surface area contributed by atoms with Gasteiger partial charge in [-0.05, 0) is 45.9 Å². The minimum Gasteiger partial charge on any atom is -0.478 e. The highest BCUT2D eigenvalue weighted by molar-refractivity contribution is 5.93. The van der Waals surface area contributed by atoms with Gasteiger partial charge in [0.05, 0.1) is 29.2 Å². The molecule has 0 aliphatic carbocycles. The first-order valence-electron chi connectivity index (χ1n) is 9.18. The molecule has 1 heterocycles. The number of hydrogen-bond acceptors (Lipinski definition) is 6. The van der Waals surface area contributed by atoms with E-state index in [-0.39, 0.29) is 29.2 Å². The van der Waals surface area contributed by atoms with E-state index in [9.17, 15) is 19.5 Å². The molecule has 9 heteroatoms. The Labute approximate surface area is 174 Å². The Kier molecular flexibility index (Phi) is 6.99. The van der Waals surface area contributed by atoms with Crippen LogP contribution in [0.1, 0.15) is 42.5 Å². The van der Waals surface area contributed by atoms with Crippen LogP contribution < -0.4 is 10.1 Å². The van der Waals surface area contributed by atoms with Crippen molar-refractivity contribution in [3.05, 3.63) is 53.3 Å². The number of aromatic carboxylic acids is 1. The van der Waals surface area contributed by atoms with Gasteiger partial charge < -0.3 is 19.5 Å². The summed E-state index contributed by atoms with van der Waals surface area (Å²) < 4.78 is 10.5. The van der Waals surface area contributed by atoms with Crippen molar-refractivity contribution >= 4 is 23.8 Å². The van der Waals surface area contributed by atoms with Crippen LogP contribution in [-0.4, -0.2) is 45.8 Å². The summed E-state index contributed by atoms with van der Waals surface area (Å²) in [4.78, 5) is 41.6. The monoisotopic (exact) mass is 415 g/mol. The van der Waals surface area contributed by atoms with E-state index in [1.807, 2.05) is 0 Å². The van der Waals surface area contributed by atoms with Crippen molar-refractivity contribution in [1.82, 2.24) is 9.88 Å². The zero-order chi connectivity index (χ0) is 22.5. The molecular weight excluding hydrogens is 390 g/mol. The second-order valence-electron chi connectivity index (χ2n) is 7.58. The Morgan fingerprint density at radius 3 is 2.37 bits per heavy atom. The molecule has 0 aliphatic rings. The molecule has 0 atom stereocenters. The lowest BCUT2D eigenvalue weighted by Gasteiger charge is -2.25. The Balaban J connectivity index is 2.27. The molecule has 0 saturated heterocycles. The number of carbonyl (C=O) groups excluding carboxylic acids is 2. The number of aromatic nitrogens is 1. The number of pyridine rings is 1. The van der Waals surface area contributed by atoms with Crippen LogP contribution in [0.5, 0.6) is 5.75 Å². The summed E-state index contributed by atoms with van der Waals surface area (Å²) >= 11 is 0. The number of aryl methyl sites for hydroxylation is 1. The maximum Gasteiger partial charge on any atom is 0.417 e. The van der Waals surface area contributed by atoms with E-state index in [1.165, 1.54) is 24.9 Å². The van der Waals surface area contributed by atoms with Gasteiger partial charge >= 0.3 is 18.2 Å². The molecule has 2 rings (SSSR count). The van der Waals surface area contributed by atoms with Crippen molar-refractivity contribution in [3.8, 4) is 5.75 Å². The Morgan fingerprint density at radius 1 is 1.17 bits per heavy atom. The van der Waals surface area contributed by atoms with Gasteiger partial charge in [0.15, 0.2) is 0 Å². The van der Waals surface area contributed by atoms with Gasteiger partial charge in [0.1, 0.15) is 11.4 Å². The quantitative estimate of drug-likeness (QED) is 0.756. The number of amides is 2. The fourth-order valence-electron chi connectivity index (χ4n) is 2.46. The standard InChI is InChI=1S/C21H25N3O6/c1-13-15(18(25)26)11-16(23-19(27)29-14-9-7-6-8-10-14)17(22-13)12-24(5)20(28)30-21(2,3)4/h6-11H,12H2,1-5H3,(H,23,27)(H,25,26). The number of carbonyl (C=O) groups is 3. The van der Waals surface area contributed by atoms with E-state index < -0.39 is 23.8 Å². The predicted molar refractivity (Wildman–Crippen MR) is 110 cm³/mol. The minimum atomic E-state index is -1.19. The van der Waals surface area contributed by atoms with Crippen molar-refractivity contribution in [1.29, 1.82) is 0 Å². The van der Waals surface area contributed by atoms with Crippen molar-refractivity contribution in [2.45, 2.75) is 39.8 Å². The van der Waals surface area contributed by atoms with Crippen LogP contribution in [0.4, 0.5) is 15.3 Å². The molecule has 2 amide bonds. The van der Waals surface area contributed by atoms with Crippen LogP contribution >= 0.6 is 0 Å². The Bertz CT molecular complexity index is 938. The molecule has 1 aromatic heterocycles. The van der Waals surface area contributed by atoms with E-state index in [0.29, 0.717) is 5.75 Å². The lowest BCUT2D eigenvalue weighted by Crippen LogP contribution is -2.34. The second-order valence-corrected chi connectivity index (χ2v) is 7.58. The van der Waals surface area contributed by atoms with Gasteiger partial charge in [-0.2, -0.15) is 0 Å². The molecule has 0 bridgehead atoms. The zero-order valence-corrected chi connectivity index (χ0v) is 17.6. The topological polar surface area (TPSA) is 118 Å². The molecule has 0 spiro atoms. The van der Waals surface area contributed by atoms with E-state index in [1.54, 1.807) is 51.1 Å². The van der Waals surface area contributed by atoms with Gasteiger partial charge in [0, 0.05) is 7.05 Å². The second kappa shape index (κ2) is 9.25. The lowest BCUT2D eigenvalue weighted by atomic mass is 10.1. The molecule has 30 heavy (non-hydrogen) atoms. The van der Waals surface area contributed by atoms with E-state index >= 15 is 0 Å². The summed E-state index contributed by atoms with van der Waals surface area (Å²) in [5, 5.41) is 11.9. The van der Waals surface area contributed by atoms with E-state index in [4.69, 9.17) is 9.47 Å². The maximum atomic E-state index is 12.3. The zero-order valence-electron chi connectivity index (χ0n) is 17.6. The summed E-state index contributed by atoms with van der Waals surface area (Å²) in [7, 11) is 1.52. The molecule has 0 saturated carbocycles. The molecular formula is C21H25N3O6. The molecule has 0 unspecified atom stereocenters. The fraction of sp³-hybridized carbons (Fsp3) is 0.333. The summed E-state index contributed by atoms with van der Waals surface area (Å²) in [6.45, 7) is 6.75. The largest absolute Gasteiger partial charge is 0.478 e. The Morgan fingerprint density at radius 2 is 1.80 bits per heavy atom. The SMILES string of the molecule is Cc1nc(CN(C)C(=O)OC(C)(C)C)c(NC(=O)Oc2ccccc2)cc1C(=O)O. The third-order valence-corrected chi connectivity index (χ3v) is 3.81. The number of benzene rings is 1. The highest BCUT2D eigenvalue weighted by Crippen LogP contribution is 2.22. The smallest absolute Gasteiger partial charge is 0.417 e. The third kappa shape index (κ3) is 6.47. The molecule has 9 nitrogen and oxygen atoms in total. The number of para-hydroxylation sites is 1. The van der Waals surface area contributed by atoms with Crippen LogP contribution in [0.2, 0.25) is 0 Å². The average molecular weight is 415 g/mol. The highest BCUT2D eigenvalue weighted by Gasteiger charge is 2.23. The van der Waals surface area contributed by atoms with Crippen LogP contribution in [0.15, 0.2) is 36.4 Å². The molecule has 0 aliphatic heterocycles. The van der Waals surface area contributed by atoms with Crippen molar-refractivity contribution in [2.24, 2.45) is 0 Å². The van der Waals surface area contributed by atoms with Crippen LogP contribution in [0.3, 0.4) is 0 Å². The first-order valence-corrected chi connectivity index (χ1v) is 9.18. The number of nitrogens with zero attached hydrogens (tertiary/aromatic N) is 2. The van der Waals surface area contributed by atoms with Gasteiger partial charge in [-0.3, -0.25) is 10.3 Å². The number of ether oxygens (including phenoxy) is 2. The van der Waals surface area contributed by atoms with Crippen LogP contribution in [0, 0.1) is 6.92 Å². The number of anilines is 1. The molecule has 1 aromatic carbocycles. The fourth-order valence-corrected chi connectivity index (χ4v) is 2.46. The summed E-state index contributed by atoms with van der Waals surface area (Å²) in [5.41, 5.74) is -0.0986. The molecule has 0 fully saturated rings. The van der Waals surface area contributed by atoms with Crippen LogP contribution in [-0.2, 0) is 11.3 Å².